The van der Waals surface area contributed by atoms with Crippen LogP contribution in [0.5, 0.6) is 0 Å². The predicted octanol–water partition coefficient (Wildman–Crippen LogP) is 2.27. The molecule has 0 aliphatic carbocycles. The molecule has 0 spiro atoms. The molecule has 1 heterocycles. The van der Waals surface area contributed by atoms with Crippen molar-refractivity contribution in [1.29, 1.82) is 0 Å². The molecule has 1 rings (SSSR count). The second kappa shape index (κ2) is 4.05. The average Bonchev–Trinajstić information content (AvgIpc) is 2.03. The normalized spacial score (nSPS) is 23.5. The molecule has 1 nitrogen and oxygen atoms in total. The van der Waals surface area contributed by atoms with Crippen molar-refractivity contribution in [2.75, 3.05) is 13.1 Å². The maximum atomic E-state index is 13.7. The molecule has 0 unspecified atom stereocenters. The number of hydrogen-bond donors (Lipinski definition) is 1. The van der Waals surface area contributed by atoms with Crippen molar-refractivity contribution in [2.24, 2.45) is 0 Å². The summed E-state index contributed by atoms with van der Waals surface area (Å²) < 4.78 is 13.7. The average molecular weight is 159 g/mol. The number of nitrogens with one attached hydrogen (secondary N) is 1. The minimum Gasteiger partial charge on any atom is -0.316 e. The summed E-state index contributed by atoms with van der Waals surface area (Å²) in [6, 6.07) is 0. The Bertz CT molecular complexity index is 108. The lowest BCUT2D eigenvalue weighted by Crippen LogP contribution is -2.38. The van der Waals surface area contributed by atoms with Crippen LogP contribution in [0.3, 0.4) is 0 Å². The lowest BCUT2D eigenvalue weighted by atomic mass is 9.89. The van der Waals surface area contributed by atoms with E-state index in [9.17, 15) is 4.39 Å². The first-order chi connectivity index (χ1) is 5.27. The van der Waals surface area contributed by atoms with Crippen molar-refractivity contribution in [3.63, 3.8) is 0 Å². The summed E-state index contributed by atoms with van der Waals surface area (Å²) in [5, 5.41) is 3.18. The molecule has 66 valence electrons. The number of piperidine rings is 1. The van der Waals surface area contributed by atoms with Gasteiger partial charge in [-0.1, -0.05) is 19.8 Å². The van der Waals surface area contributed by atoms with Crippen LogP contribution in [0.2, 0.25) is 0 Å². The molecule has 0 atom stereocenters. The molecule has 11 heavy (non-hydrogen) atoms. The Kier molecular flexibility index (Phi) is 3.31. The molecule has 0 radical (unpaired) electrons. The van der Waals surface area contributed by atoms with Crippen LogP contribution in [0, 0.1) is 0 Å². The quantitative estimate of drug-likeness (QED) is 0.666. The van der Waals surface area contributed by atoms with Gasteiger partial charge in [-0.2, -0.15) is 0 Å². The molecular weight excluding hydrogens is 141 g/mol. The van der Waals surface area contributed by atoms with Gasteiger partial charge in [0, 0.05) is 0 Å². The third kappa shape index (κ3) is 2.78. The molecule has 0 bridgehead atoms. The van der Waals surface area contributed by atoms with Gasteiger partial charge in [-0.05, 0) is 32.4 Å². The Morgan fingerprint density at radius 1 is 1.36 bits per heavy atom. The largest absolute Gasteiger partial charge is 0.316 e. The number of unbranched alkanes of at least 4 members (excludes halogenated alkanes) is 1. The Balaban J connectivity index is 2.25. The zero-order valence-electron chi connectivity index (χ0n) is 7.33. The first kappa shape index (κ1) is 8.98. The fourth-order valence-corrected chi connectivity index (χ4v) is 1.62. The first-order valence-corrected chi connectivity index (χ1v) is 4.66. The van der Waals surface area contributed by atoms with E-state index < -0.39 is 5.67 Å². The smallest absolute Gasteiger partial charge is 0.113 e. The highest BCUT2D eigenvalue weighted by molar-refractivity contribution is 4.84. The highest BCUT2D eigenvalue weighted by Crippen LogP contribution is 2.28. The maximum Gasteiger partial charge on any atom is 0.113 e. The van der Waals surface area contributed by atoms with E-state index >= 15 is 0 Å². The third-order valence-corrected chi connectivity index (χ3v) is 2.48. The van der Waals surface area contributed by atoms with Crippen molar-refractivity contribution >= 4 is 0 Å². The van der Waals surface area contributed by atoms with Crippen molar-refractivity contribution < 1.29 is 4.39 Å². The lowest BCUT2D eigenvalue weighted by Gasteiger charge is -2.29. The Morgan fingerprint density at radius 2 is 2.00 bits per heavy atom. The molecule has 1 aliphatic heterocycles. The zero-order valence-corrected chi connectivity index (χ0v) is 7.33. The van der Waals surface area contributed by atoms with Gasteiger partial charge in [0.1, 0.15) is 5.67 Å². The Labute approximate surface area is 68.4 Å². The van der Waals surface area contributed by atoms with Gasteiger partial charge in [0.15, 0.2) is 0 Å². The molecule has 0 saturated carbocycles. The van der Waals surface area contributed by atoms with Crippen LogP contribution >= 0.6 is 0 Å². The van der Waals surface area contributed by atoms with Crippen LogP contribution in [0.15, 0.2) is 0 Å². The minimum atomic E-state index is -0.832. The molecule has 0 aromatic rings. The number of halogens is 1. The van der Waals surface area contributed by atoms with E-state index in [-0.39, 0.29) is 0 Å². The van der Waals surface area contributed by atoms with Crippen molar-refractivity contribution in [2.45, 2.75) is 44.7 Å². The van der Waals surface area contributed by atoms with Gasteiger partial charge in [0.05, 0.1) is 0 Å². The zero-order chi connectivity index (χ0) is 8.16. The molecule has 1 fully saturated rings. The van der Waals surface area contributed by atoms with Crippen molar-refractivity contribution in [1.82, 2.24) is 5.32 Å². The SMILES string of the molecule is CCCCC1(F)CCNCC1. The Morgan fingerprint density at radius 3 is 2.55 bits per heavy atom. The summed E-state index contributed by atoms with van der Waals surface area (Å²) in [7, 11) is 0. The van der Waals surface area contributed by atoms with Gasteiger partial charge >= 0.3 is 0 Å². The van der Waals surface area contributed by atoms with Crippen LogP contribution in [-0.4, -0.2) is 18.8 Å². The minimum absolute atomic E-state index is 0.715. The molecular formula is C9H18FN. The maximum absolute atomic E-state index is 13.7. The van der Waals surface area contributed by atoms with Crippen LogP contribution in [0.25, 0.3) is 0 Å². The topological polar surface area (TPSA) is 12.0 Å². The molecule has 2 heteroatoms. The fourth-order valence-electron chi connectivity index (χ4n) is 1.62. The fraction of sp³-hybridized carbons (Fsp3) is 1.00. The molecule has 1 N–H and O–H groups in total. The van der Waals surface area contributed by atoms with Gasteiger partial charge in [-0.25, -0.2) is 4.39 Å². The van der Waals surface area contributed by atoms with Gasteiger partial charge in [-0.3, -0.25) is 0 Å². The van der Waals surface area contributed by atoms with Crippen LogP contribution in [0.4, 0.5) is 4.39 Å². The number of alkyl halides is 1. The van der Waals surface area contributed by atoms with E-state index in [1.807, 2.05) is 0 Å². The van der Waals surface area contributed by atoms with Crippen molar-refractivity contribution in [3.05, 3.63) is 0 Å². The second-order valence-electron chi connectivity index (χ2n) is 3.50. The van der Waals surface area contributed by atoms with Crippen LogP contribution in [0.1, 0.15) is 39.0 Å². The van der Waals surface area contributed by atoms with Crippen LogP contribution in [-0.2, 0) is 0 Å². The molecule has 0 amide bonds. The molecule has 1 saturated heterocycles. The summed E-state index contributed by atoms with van der Waals surface area (Å²) in [4.78, 5) is 0. The van der Waals surface area contributed by atoms with Gasteiger partial charge in [-0.15, -0.1) is 0 Å². The standard InChI is InChI=1S/C9H18FN/c1-2-3-4-9(10)5-7-11-8-6-9/h11H,2-8H2,1H3. The Hall–Kier alpha value is -0.110. The second-order valence-corrected chi connectivity index (χ2v) is 3.50. The molecule has 0 aromatic carbocycles. The van der Waals surface area contributed by atoms with E-state index in [2.05, 4.69) is 12.2 Å². The summed E-state index contributed by atoms with van der Waals surface area (Å²) in [6.45, 7) is 3.84. The highest BCUT2D eigenvalue weighted by atomic mass is 19.1. The summed E-state index contributed by atoms with van der Waals surface area (Å²) in [5.41, 5.74) is -0.832. The third-order valence-electron chi connectivity index (χ3n) is 2.48. The monoisotopic (exact) mass is 159 g/mol. The number of hydrogen-bond acceptors (Lipinski definition) is 1. The van der Waals surface area contributed by atoms with Gasteiger partial charge in [0.25, 0.3) is 0 Å². The summed E-state index contributed by atoms with van der Waals surface area (Å²) in [5.74, 6) is 0. The van der Waals surface area contributed by atoms with Crippen LogP contribution < -0.4 is 5.32 Å². The lowest BCUT2D eigenvalue weighted by molar-refractivity contribution is 0.102. The van der Waals surface area contributed by atoms with Crippen molar-refractivity contribution in [3.8, 4) is 0 Å². The van der Waals surface area contributed by atoms with E-state index in [0.29, 0.717) is 12.8 Å². The molecule has 0 aromatic heterocycles. The van der Waals surface area contributed by atoms with E-state index in [4.69, 9.17) is 0 Å². The highest BCUT2D eigenvalue weighted by Gasteiger charge is 2.30. The summed E-state index contributed by atoms with van der Waals surface area (Å²) >= 11 is 0. The number of rotatable bonds is 3. The van der Waals surface area contributed by atoms with E-state index in [1.165, 1.54) is 0 Å². The van der Waals surface area contributed by atoms with E-state index in [1.54, 1.807) is 0 Å². The molecule has 1 aliphatic rings. The van der Waals surface area contributed by atoms with E-state index in [0.717, 1.165) is 32.4 Å². The van der Waals surface area contributed by atoms with Gasteiger partial charge in [0.2, 0.25) is 0 Å². The van der Waals surface area contributed by atoms with Gasteiger partial charge < -0.3 is 5.32 Å². The predicted molar refractivity (Wildman–Crippen MR) is 45.5 cm³/mol. The first-order valence-electron chi connectivity index (χ1n) is 4.66. The summed E-state index contributed by atoms with van der Waals surface area (Å²) in [6.07, 6.45) is 4.35.